The van der Waals surface area contributed by atoms with Crippen LogP contribution in [-0.2, 0) is 9.59 Å². The summed E-state index contributed by atoms with van der Waals surface area (Å²) in [6.45, 7) is 12.5. The third kappa shape index (κ3) is 5.50. The van der Waals surface area contributed by atoms with Crippen molar-refractivity contribution in [3.63, 3.8) is 0 Å². The van der Waals surface area contributed by atoms with Gasteiger partial charge in [0.05, 0.1) is 6.04 Å². The first-order valence-corrected chi connectivity index (χ1v) is 9.03. The summed E-state index contributed by atoms with van der Waals surface area (Å²) in [5, 5.41) is 9.71. The Morgan fingerprint density at radius 3 is 2.29 bits per heavy atom. The Bertz CT molecular complexity index is 523. The molecule has 0 aromatic rings. The highest BCUT2D eigenvalue weighted by Gasteiger charge is 2.44. The van der Waals surface area contributed by atoms with Crippen LogP contribution in [0.2, 0.25) is 0 Å². The van der Waals surface area contributed by atoms with Gasteiger partial charge in [0.1, 0.15) is 11.3 Å². The van der Waals surface area contributed by atoms with Crippen LogP contribution in [0, 0.1) is 11.8 Å². The molecule has 1 heterocycles. The van der Waals surface area contributed by atoms with Gasteiger partial charge in [-0.05, 0) is 58.3 Å². The fraction of sp³-hybridized carbons (Fsp3) is 0.700. The van der Waals surface area contributed by atoms with Gasteiger partial charge in [0, 0.05) is 6.54 Å². The molecule has 4 heteroatoms. The minimum atomic E-state index is -0.417. The van der Waals surface area contributed by atoms with Crippen molar-refractivity contribution in [3.8, 4) is 0 Å². The standard InChI is InChI=1S/C20H33NO3/c1-13(2)8-7-9-15(5)10-11-21-17(12-14(3)4)19(23)18(16(6)22)20(21)24/h8,14-15,17,22H,7,9-12H2,1-6H3/b18-16+/t15?,17-/m0/s1. The Balaban J connectivity index is 2.75. The molecule has 1 aliphatic rings. The average Bonchev–Trinajstić information content (AvgIpc) is 2.67. The van der Waals surface area contributed by atoms with Crippen LogP contribution in [0.4, 0.5) is 0 Å². The highest BCUT2D eigenvalue weighted by molar-refractivity contribution is 6.26. The van der Waals surface area contributed by atoms with Gasteiger partial charge in [-0.25, -0.2) is 0 Å². The quantitative estimate of drug-likeness (QED) is 0.309. The zero-order valence-corrected chi connectivity index (χ0v) is 16.1. The number of carbonyl (C=O) groups is 2. The van der Waals surface area contributed by atoms with Crippen LogP contribution in [0.5, 0.6) is 0 Å². The topological polar surface area (TPSA) is 57.6 Å². The molecule has 2 atom stereocenters. The zero-order chi connectivity index (χ0) is 18.4. The van der Waals surface area contributed by atoms with E-state index in [4.69, 9.17) is 0 Å². The van der Waals surface area contributed by atoms with Gasteiger partial charge < -0.3 is 10.0 Å². The maximum Gasteiger partial charge on any atom is 0.261 e. The Morgan fingerprint density at radius 1 is 1.17 bits per heavy atom. The molecule has 1 N–H and O–H groups in total. The van der Waals surface area contributed by atoms with Gasteiger partial charge >= 0.3 is 0 Å². The van der Waals surface area contributed by atoms with Crippen molar-refractivity contribution in [2.75, 3.05) is 6.54 Å². The molecule has 1 rings (SSSR count). The molecule has 136 valence electrons. The minimum absolute atomic E-state index is 0.0159. The van der Waals surface area contributed by atoms with E-state index >= 15 is 0 Å². The minimum Gasteiger partial charge on any atom is -0.512 e. The van der Waals surface area contributed by atoms with E-state index in [2.05, 4.69) is 26.8 Å². The van der Waals surface area contributed by atoms with Crippen molar-refractivity contribution in [1.29, 1.82) is 0 Å². The van der Waals surface area contributed by atoms with Gasteiger partial charge in [-0.1, -0.05) is 32.4 Å². The van der Waals surface area contributed by atoms with Gasteiger partial charge in [0.2, 0.25) is 0 Å². The van der Waals surface area contributed by atoms with Crippen LogP contribution in [0.15, 0.2) is 23.0 Å². The van der Waals surface area contributed by atoms with E-state index in [1.807, 2.05) is 13.8 Å². The number of aliphatic hydroxyl groups excluding tert-OH is 1. The van der Waals surface area contributed by atoms with Crippen molar-refractivity contribution in [1.82, 2.24) is 4.90 Å². The predicted molar refractivity (Wildman–Crippen MR) is 97.7 cm³/mol. The normalized spacial score (nSPS) is 21.5. The molecule has 1 unspecified atom stereocenters. The van der Waals surface area contributed by atoms with Crippen molar-refractivity contribution >= 4 is 11.7 Å². The molecule has 0 aromatic carbocycles. The summed E-state index contributed by atoms with van der Waals surface area (Å²) in [7, 11) is 0. The molecule has 0 aromatic heterocycles. The van der Waals surface area contributed by atoms with E-state index in [0.717, 1.165) is 19.3 Å². The van der Waals surface area contributed by atoms with Crippen molar-refractivity contribution in [2.24, 2.45) is 11.8 Å². The molecule has 4 nitrogen and oxygen atoms in total. The number of aliphatic hydroxyl groups is 1. The largest absolute Gasteiger partial charge is 0.512 e. The summed E-state index contributed by atoms with van der Waals surface area (Å²) < 4.78 is 0. The van der Waals surface area contributed by atoms with Crippen molar-refractivity contribution in [2.45, 2.75) is 73.3 Å². The Labute approximate surface area is 146 Å². The first-order chi connectivity index (χ1) is 11.1. The van der Waals surface area contributed by atoms with Crippen LogP contribution in [0.25, 0.3) is 0 Å². The number of carbonyl (C=O) groups excluding carboxylic acids is 2. The van der Waals surface area contributed by atoms with E-state index in [9.17, 15) is 14.7 Å². The van der Waals surface area contributed by atoms with E-state index < -0.39 is 6.04 Å². The lowest BCUT2D eigenvalue weighted by Crippen LogP contribution is -2.37. The molecule has 0 aliphatic carbocycles. The number of likely N-dealkylation sites (tertiary alicyclic amines) is 1. The second-order valence-electron chi connectivity index (χ2n) is 7.72. The molecule has 1 amide bonds. The summed E-state index contributed by atoms with van der Waals surface area (Å²) in [5.41, 5.74) is 1.31. The molecule has 0 spiro atoms. The average molecular weight is 335 g/mol. The third-order valence-electron chi connectivity index (χ3n) is 4.53. The number of rotatable bonds is 8. The van der Waals surface area contributed by atoms with E-state index in [1.165, 1.54) is 12.5 Å². The molecule has 0 saturated carbocycles. The van der Waals surface area contributed by atoms with E-state index in [0.29, 0.717) is 24.8 Å². The Morgan fingerprint density at radius 2 is 1.79 bits per heavy atom. The second-order valence-corrected chi connectivity index (χ2v) is 7.72. The molecular weight excluding hydrogens is 302 g/mol. The molecule has 24 heavy (non-hydrogen) atoms. The van der Waals surface area contributed by atoms with Crippen LogP contribution in [0.3, 0.4) is 0 Å². The monoisotopic (exact) mass is 335 g/mol. The summed E-state index contributed by atoms with van der Waals surface area (Å²) in [6.07, 6.45) is 5.89. The van der Waals surface area contributed by atoms with Crippen LogP contribution in [-0.4, -0.2) is 34.3 Å². The fourth-order valence-electron chi connectivity index (χ4n) is 3.13. The highest BCUT2D eigenvalue weighted by atomic mass is 16.3. The fourth-order valence-corrected chi connectivity index (χ4v) is 3.13. The van der Waals surface area contributed by atoms with E-state index in [-0.39, 0.29) is 23.0 Å². The molecule has 1 saturated heterocycles. The first kappa shape index (κ1) is 20.5. The summed E-state index contributed by atoms with van der Waals surface area (Å²) in [4.78, 5) is 26.7. The summed E-state index contributed by atoms with van der Waals surface area (Å²) in [5.74, 6) is 0.139. The van der Waals surface area contributed by atoms with Crippen molar-refractivity contribution in [3.05, 3.63) is 23.0 Å². The molecule has 0 bridgehead atoms. The first-order valence-electron chi connectivity index (χ1n) is 9.03. The Hall–Kier alpha value is -1.58. The number of ketones is 1. The second kappa shape index (κ2) is 9.05. The van der Waals surface area contributed by atoms with E-state index in [1.54, 1.807) is 4.90 Å². The maximum absolute atomic E-state index is 12.5. The predicted octanol–water partition coefficient (Wildman–Crippen LogP) is 4.42. The smallest absolute Gasteiger partial charge is 0.261 e. The molecule has 0 radical (unpaired) electrons. The third-order valence-corrected chi connectivity index (χ3v) is 4.53. The molecule has 1 aliphatic heterocycles. The van der Waals surface area contributed by atoms with Crippen LogP contribution in [0.1, 0.15) is 67.2 Å². The lowest BCUT2D eigenvalue weighted by Gasteiger charge is -2.25. The number of amides is 1. The van der Waals surface area contributed by atoms with Gasteiger partial charge in [-0.2, -0.15) is 0 Å². The van der Waals surface area contributed by atoms with Crippen LogP contribution < -0.4 is 0 Å². The van der Waals surface area contributed by atoms with Gasteiger partial charge in [-0.3, -0.25) is 9.59 Å². The maximum atomic E-state index is 12.5. The summed E-state index contributed by atoms with van der Waals surface area (Å²) in [6, 6.07) is -0.417. The SMILES string of the molecule is CC(C)=CCCC(C)CCN1C(=O)/C(=C(\C)O)C(=O)[C@@H]1CC(C)C. The molecular formula is C20H33NO3. The zero-order valence-electron chi connectivity index (χ0n) is 16.1. The van der Waals surface area contributed by atoms with Crippen molar-refractivity contribution < 1.29 is 14.7 Å². The van der Waals surface area contributed by atoms with Gasteiger partial charge in [0.15, 0.2) is 5.78 Å². The highest BCUT2D eigenvalue weighted by Crippen LogP contribution is 2.28. The van der Waals surface area contributed by atoms with Gasteiger partial charge in [-0.15, -0.1) is 0 Å². The number of hydrogen-bond acceptors (Lipinski definition) is 3. The number of allylic oxidation sites excluding steroid dienone is 3. The lowest BCUT2D eigenvalue weighted by atomic mass is 9.98. The Kier molecular flexibility index (Phi) is 7.71. The molecule has 1 fully saturated rings. The van der Waals surface area contributed by atoms with Gasteiger partial charge in [0.25, 0.3) is 5.91 Å². The number of hydrogen-bond donors (Lipinski definition) is 1. The number of Topliss-reactive ketones (excluding diaryl/α,β-unsaturated/α-hetero) is 1. The van der Waals surface area contributed by atoms with Crippen LogP contribution >= 0.6 is 0 Å². The summed E-state index contributed by atoms with van der Waals surface area (Å²) >= 11 is 0. The lowest BCUT2D eigenvalue weighted by molar-refractivity contribution is -0.127. The number of nitrogens with zero attached hydrogens (tertiary/aromatic N) is 1.